The van der Waals surface area contributed by atoms with Crippen LogP contribution in [0.3, 0.4) is 0 Å². The van der Waals surface area contributed by atoms with Gasteiger partial charge in [0.2, 0.25) is 5.91 Å². The zero-order valence-electron chi connectivity index (χ0n) is 9.55. The highest BCUT2D eigenvalue weighted by Crippen LogP contribution is 2.20. The van der Waals surface area contributed by atoms with E-state index in [2.05, 4.69) is 5.32 Å². The van der Waals surface area contributed by atoms with Crippen LogP contribution in [-0.4, -0.2) is 28.8 Å². The molecule has 0 radical (unpaired) electrons. The summed E-state index contributed by atoms with van der Waals surface area (Å²) in [7, 11) is 0. The first-order valence-electron chi connectivity index (χ1n) is 5.21. The number of hydrogen-bond donors (Lipinski definition) is 4. The number of carbonyl (C=O) groups is 1. The number of nitrogen functional groups attached to an aromatic ring is 1. The molecule has 0 saturated carbocycles. The van der Waals surface area contributed by atoms with Crippen molar-refractivity contribution in [3.8, 4) is 5.75 Å². The lowest BCUT2D eigenvalue weighted by Gasteiger charge is -2.07. The Morgan fingerprint density at radius 2 is 2.29 bits per heavy atom. The molecule has 5 N–H and O–H groups in total. The highest BCUT2D eigenvalue weighted by Gasteiger charge is 2.03. The van der Waals surface area contributed by atoms with Crippen molar-refractivity contribution in [2.24, 2.45) is 0 Å². The fourth-order valence-electron chi connectivity index (χ4n) is 1.21. The summed E-state index contributed by atoms with van der Waals surface area (Å²) in [6, 6.07) is 4.29. The SMILES string of the molecule is CC(CO)NC(=O)C=Cc1cc(N)ccc1O. The molecule has 92 valence electrons. The van der Waals surface area contributed by atoms with Crippen molar-refractivity contribution in [2.75, 3.05) is 12.3 Å². The van der Waals surface area contributed by atoms with Crippen molar-refractivity contribution in [1.82, 2.24) is 5.32 Å². The number of amides is 1. The number of nitrogens with one attached hydrogen (secondary N) is 1. The molecule has 1 rings (SSSR count). The molecule has 1 atom stereocenters. The molecule has 0 heterocycles. The highest BCUT2D eigenvalue weighted by atomic mass is 16.3. The fourth-order valence-corrected chi connectivity index (χ4v) is 1.21. The average molecular weight is 236 g/mol. The van der Waals surface area contributed by atoms with E-state index >= 15 is 0 Å². The summed E-state index contributed by atoms with van der Waals surface area (Å²) in [6.45, 7) is 1.56. The molecular weight excluding hydrogens is 220 g/mol. The van der Waals surface area contributed by atoms with Crippen molar-refractivity contribution in [2.45, 2.75) is 13.0 Å². The third kappa shape index (κ3) is 4.16. The van der Waals surface area contributed by atoms with Gasteiger partial charge in [-0.1, -0.05) is 0 Å². The molecule has 17 heavy (non-hydrogen) atoms. The monoisotopic (exact) mass is 236 g/mol. The average Bonchev–Trinajstić information content (AvgIpc) is 2.30. The van der Waals surface area contributed by atoms with Crippen LogP contribution in [0.4, 0.5) is 5.69 Å². The van der Waals surface area contributed by atoms with E-state index in [9.17, 15) is 9.90 Å². The van der Waals surface area contributed by atoms with Crippen LogP contribution in [0.25, 0.3) is 6.08 Å². The van der Waals surface area contributed by atoms with Crippen molar-refractivity contribution >= 4 is 17.7 Å². The molecular formula is C12H16N2O3. The van der Waals surface area contributed by atoms with Crippen LogP contribution in [0.2, 0.25) is 0 Å². The van der Waals surface area contributed by atoms with E-state index in [4.69, 9.17) is 10.8 Å². The van der Waals surface area contributed by atoms with Crippen LogP contribution in [0.5, 0.6) is 5.75 Å². The maximum absolute atomic E-state index is 11.4. The van der Waals surface area contributed by atoms with Gasteiger partial charge in [0.1, 0.15) is 5.75 Å². The number of aliphatic hydroxyl groups excluding tert-OH is 1. The standard InChI is InChI=1S/C12H16N2O3/c1-8(7-15)14-12(17)5-2-9-6-10(13)3-4-11(9)16/h2-6,8,15-16H,7,13H2,1H3,(H,14,17). The van der Waals surface area contributed by atoms with Crippen LogP contribution in [0.15, 0.2) is 24.3 Å². The number of nitrogens with two attached hydrogens (primary N) is 1. The number of aromatic hydroxyl groups is 1. The van der Waals surface area contributed by atoms with Gasteiger partial charge in [0.25, 0.3) is 0 Å². The number of hydrogen-bond acceptors (Lipinski definition) is 4. The lowest BCUT2D eigenvalue weighted by atomic mass is 10.1. The summed E-state index contributed by atoms with van der Waals surface area (Å²) in [5.41, 5.74) is 6.53. The van der Waals surface area contributed by atoms with E-state index < -0.39 is 0 Å². The Morgan fingerprint density at radius 1 is 1.59 bits per heavy atom. The second-order valence-corrected chi connectivity index (χ2v) is 3.74. The van der Waals surface area contributed by atoms with Crippen LogP contribution in [0.1, 0.15) is 12.5 Å². The third-order valence-corrected chi connectivity index (χ3v) is 2.13. The summed E-state index contributed by atoms with van der Waals surface area (Å²) in [6.07, 6.45) is 2.74. The predicted molar refractivity (Wildman–Crippen MR) is 66.2 cm³/mol. The maximum atomic E-state index is 11.4. The van der Waals surface area contributed by atoms with Gasteiger partial charge in [-0.25, -0.2) is 0 Å². The molecule has 0 aliphatic heterocycles. The Morgan fingerprint density at radius 3 is 2.94 bits per heavy atom. The van der Waals surface area contributed by atoms with Gasteiger partial charge in [-0.05, 0) is 31.2 Å². The minimum absolute atomic E-state index is 0.0541. The van der Waals surface area contributed by atoms with Crippen LogP contribution in [-0.2, 0) is 4.79 Å². The van der Waals surface area contributed by atoms with Crippen LogP contribution in [0, 0.1) is 0 Å². The zero-order chi connectivity index (χ0) is 12.8. The highest BCUT2D eigenvalue weighted by molar-refractivity contribution is 5.92. The lowest BCUT2D eigenvalue weighted by Crippen LogP contribution is -2.33. The first kappa shape index (κ1) is 13.1. The van der Waals surface area contributed by atoms with Crippen molar-refractivity contribution in [3.63, 3.8) is 0 Å². The Bertz CT molecular complexity index is 430. The quantitative estimate of drug-likeness (QED) is 0.347. The van der Waals surface area contributed by atoms with Gasteiger partial charge in [-0.15, -0.1) is 0 Å². The first-order valence-corrected chi connectivity index (χ1v) is 5.21. The molecule has 0 saturated heterocycles. The number of anilines is 1. The van der Waals surface area contributed by atoms with E-state index in [0.717, 1.165) is 0 Å². The van der Waals surface area contributed by atoms with E-state index in [-0.39, 0.29) is 24.3 Å². The molecule has 0 aliphatic carbocycles. The molecule has 1 unspecified atom stereocenters. The molecule has 0 spiro atoms. The van der Waals surface area contributed by atoms with Gasteiger partial charge >= 0.3 is 0 Å². The van der Waals surface area contributed by atoms with Gasteiger partial charge in [0.15, 0.2) is 0 Å². The van der Waals surface area contributed by atoms with Gasteiger partial charge < -0.3 is 21.3 Å². The Hall–Kier alpha value is -2.01. The zero-order valence-corrected chi connectivity index (χ0v) is 9.55. The van der Waals surface area contributed by atoms with E-state index in [1.54, 1.807) is 19.1 Å². The fraction of sp³-hybridized carbons (Fsp3) is 0.250. The second-order valence-electron chi connectivity index (χ2n) is 3.74. The summed E-state index contributed by atoms with van der Waals surface area (Å²) < 4.78 is 0. The van der Waals surface area contributed by atoms with Crippen LogP contribution >= 0.6 is 0 Å². The third-order valence-electron chi connectivity index (χ3n) is 2.13. The van der Waals surface area contributed by atoms with Crippen molar-refractivity contribution < 1.29 is 15.0 Å². The topological polar surface area (TPSA) is 95.6 Å². The molecule has 0 aromatic heterocycles. The lowest BCUT2D eigenvalue weighted by molar-refractivity contribution is -0.117. The summed E-state index contributed by atoms with van der Waals surface area (Å²) in [5, 5.41) is 20.8. The largest absolute Gasteiger partial charge is 0.507 e. The molecule has 1 amide bonds. The minimum atomic E-state index is -0.339. The van der Waals surface area contributed by atoms with Crippen LogP contribution < -0.4 is 11.1 Å². The molecule has 0 aliphatic rings. The normalized spacial score (nSPS) is 12.6. The van der Waals surface area contributed by atoms with E-state index in [1.807, 2.05) is 0 Å². The molecule has 5 heteroatoms. The van der Waals surface area contributed by atoms with Crippen molar-refractivity contribution in [3.05, 3.63) is 29.8 Å². The molecule has 1 aromatic rings. The maximum Gasteiger partial charge on any atom is 0.244 e. The molecule has 0 fully saturated rings. The number of aliphatic hydroxyl groups is 1. The van der Waals surface area contributed by atoms with Gasteiger partial charge in [0, 0.05) is 23.4 Å². The number of benzene rings is 1. The minimum Gasteiger partial charge on any atom is -0.507 e. The van der Waals surface area contributed by atoms with Crippen molar-refractivity contribution in [1.29, 1.82) is 0 Å². The van der Waals surface area contributed by atoms with E-state index in [0.29, 0.717) is 11.3 Å². The number of rotatable bonds is 4. The Labute approximate surface area is 99.6 Å². The van der Waals surface area contributed by atoms with Gasteiger partial charge in [0.05, 0.1) is 6.61 Å². The first-order chi connectivity index (χ1) is 8.02. The smallest absolute Gasteiger partial charge is 0.244 e. The summed E-state index contributed by atoms with van der Waals surface area (Å²) in [5.74, 6) is -0.285. The molecule has 0 bridgehead atoms. The number of phenols is 1. The number of carbonyl (C=O) groups excluding carboxylic acids is 1. The van der Waals surface area contributed by atoms with Gasteiger partial charge in [-0.3, -0.25) is 4.79 Å². The Balaban J connectivity index is 2.70. The van der Waals surface area contributed by atoms with E-state index in [1.165, 1.54) is 18.2 Å². The summed E-state index contributed by atoms with van der Waals surface area (Å²) in [4.78, 5) is 11.4. The molecule has 5 nitrogen and oxygen atoms in total. The molecule has 1 aromatic carbocycles. The predicted octanol–water partition coefficient (Wildman–Crippen LogP) is 0.485. The van der Waals surface area contributed by atoms with Gasteiger partial charge in [-0.2, -0.15) is 0 Å². The Kier molecular flexibility index (Phi) is 4.54. The number of phenolic OH excluding ortho intramolecular Hbond substituents is 1. The second kappa shape index (κ2) is 5.91. The summed E-state index contributed by atoms with van der Waals surface area (Å²) >= 11 is 0.